The number of hydrogen-bond acceptors (Lipinski definition) is 1. The lowest BCUT2D eigenvalue weighted by Gasteiger charge is -2.33. The minimum atomic E-state index is 0.131. The van der Waals surface area contributed by atoms with E-state index in [1.54, 1.807) is 0 Å². The summed E-state index contributed by atoms with van der Waals surface area (Å²) >= 11 is 0. The molecule has 1 aliphatic rings. The summed E-state index contributed by atoms with van der Waals surface area (Å²) in [5, 5.41) is 0. The van der Waals surface area contributed by atoms with E-state index < -0.39 is 0 Å². The van der Waals surface area contributed by atoms with Crippen LogP contribution in [0.1, 0.15) is 40.5 Å². The summed E-state index contributed by atoms with van der Waals surface area (Å²) < 4.78 is 0. The van der Waals surface area contributed by atoms with Gasteiger partial charge in [0, 0.05) is 5.92 Å². The molecule has 0 radical (unpaired) electrons. The zero-order valence-electron chi connectivity index (χ0n) is 10.3. The third-order valence-corrected chi connectivity index (χ3v) is 3.90. The quantitative estimate of drug-likeness (QED) is 0.505. The van der Waals surface area contributed by atoms with Gasteiger partial charge in [-0.15, -0.1) is 6.58 Å². The standard InChI is InChI=1S/C14H22O/c1-10(2)8-12(9-15)13-7-6-11(3)14(13,4)5/h6,9,12-13H,1,7-8H2,2-5H3. The van der Waals surface area contributed by atoms with Crippen LogP contribution in [0.4, 0.5) is 0 Å². The van der Waals surface area contributed by atoms with Gasteiger partial charge in [-0.1, -0.05) is 31.1 Å². The highest BCUT2D eigenvalue weighted by Crippen LogP contribution is 2.47. The van der Waals surface area contributed by atoms with Crippen LogP contribution in [0.25, 0.3) is 0 Å². The lowest BCUT2D eigenvalue weighted by molar-refractivity contribution is -0.113. The minimum absolute atomic E-state index is 0.131. The van der Waals surface area contributed by atoms with Crippen LogP contribution in [0.3, 0.4) is 0 Å². The Balaban J connectivity index is 2.80. The Bertz CT molecular complexity index is 296. The van der Waals surface area contributed by atoms with E-state index in [4.69, 9.17) is 0 Å². The highest BCUT2D eigenvalue weighted by atomic mass is 16.1. The summed E-state index contributed by atoms with van der Waals surface area (Å²) in [6.45, 7) is 12.6. The minimum Gasteiger partial charge on any atom is -0.303 e. The number of hydrogen-bond donors (Lipinski definition) is 0. The van der Waals surface area contributed by atoms with Crippen LogP contribution in [-0.4, -0.2) is 6.29 Å². The van der Waals surface area contributed by atoms with E-state index in [1.807, 2.05) is 6.92 Å². The van der Waals surface area contributed by atoms with Gasteiger partial charge in [0.2, 0.25) is 0 Å². The number of aldehydes is 1. The van der Waals surface area contributed by atoms with Crippen molar-refractivity contribution in [2.75, 3.05) is 0 Å². The second kappa shape index (κ2) is 4.34. The predicted molar refractivity (Wildman–Crippen MR) is 64.6 cm³/mol. The molecule has 0 aromatic rings. The molecular weight excluding hydrogens is 184 g/mol. The van der Waals surface area contributed by atoms with Crippen LogP contribution >= 0.6 is 0 Å². The molecule has 1 heteroatoms. The molecule has 0 spiro atoms. The van der Waals surface area contributed by atoms with E-state index in [0.717, 1.165) is 24.7 Å². The van der Waals surface area contributed by atoms with Crippen LogP contribution in [0.2, 0.25) is 0 Å². The average molecular weight is 206 g/mol. The van der Waals surface area contributed by atoms with Gasteiger partial charge in [0.15, 0.2) is 0 Å². The Morgan fingerprint density at radius 3 is 2.67 bits per heavy atom. The number of allylic oxidation sites excluding steroid dienone is 3. The van der Waals surface area contributed by atoms with E-state index >= 15 is 0 Å². The summed E-state index contributed by atoms with van der Waals surface area (Å²) in [7, 11) is 0. The van der Waals surface area contributed by atoms with E-state index in [-0.39, 0.29) is 11.3 Å². The molecule has 0 N–H and O–H groups in total. The summed E-state index contributed by atoms with van der Waals surface area (Å²) in [4.78, 5) is 11.2. The van der Waals surface area contributed by atoms with Crippen molar-refractivity contribution in [3.8, 4) is 0 Å². The first-order chi connectivity index (χ1) is 6.89. The van der Waals surface area contributed by atoms with Crippen molar-refractivity contribution < 1.29 is 4.79 Å². The normalized spacial score (nSPS) is 25.9. The van der Waals surface area contributed by atoms with Gasteiger partial charge in [-0.3, -0.25) is 0 Å². The first-order valence-corrected chi connectivity index (χ1v) is 5.66. The lowest BCUT2D eigenvalue weighted by atomic mass is 9.70. The Morgan fingerprint density at radius 1 is 1.73 bits per heavy atom. The summed E-state index contributed by atoms with van der Waals surface area (Å²) in [6.07, 6.45) is 5.27. The maximum atomic E-state index is 11.2. The fourth-order valence-corrected chi connectivity index (χ4v) is 2.55. The molecule has 84 valence electrons. The SMILES string of the molecule is C=C(C)CC(C=O)C1CC=C(C)C1(C)C. The topological polar surface area (TPSA) is 17.1 Å². The fourth-order valence-electron chi connectivity index (χ4n) is 2.55. The lowest BCUT2D eigenvalue weighted by Crippen LogP contribution is -2.28. The molecule has 1 aliphatic carbocycles. The highest BCUT2D eigenvalue weighted by molar-refractivity contribution is 5.55. The molecule has 2 unspecified atom stereocenters. The average Bonchev–Trinajstić information content (AvgIpc) is 2.38. The second-order valence-electron chi connectivity index (χ2n) is 5.41. The molecule has 0 fully saturated rings. The third-order valence-electron chi connectivity index (χ3n) is 3.90. The van der Waals surface area contributed by atoms with Gasteiger partial charge in [0.05, 0.1) is 0 Å². The second-order valence-corrected chi connectivity index (χ2v) is 5.41. The van der Waals surface area contributed by atoms with Gasteiger partial charge in [-0.2, -0.15) is 0 Å². The van der Waals surface area contributed by atoms with Crippen LogP contribution in [0.15, 0.2) is 23.8 Å². The molecule has 1 nitrogen and oxygen atoms in total. The molecule has 0 aromatic carbocycles. The van der Waals surface area contributed by atoms with E-state index in [9.17, 15) is 4.79 Å². The molecule has 0 saturated heterocycles. The van der Waals surface area contributed by atoms with Gasteiger partial charge in [-0.25, -0.2) is 0 Å². The van der Waals surface area contributed by atoms with Crippen LogP contribution < -0.4 is 0 Å². The molecular formula is C14H22O. The molecule has 0 bridgehead atoms. The van der Waals surface area contributed by atoms with Crippen LogP contribution in [-0.2, 0) is 4.79 Å². The van der Waals surface area contributed by atoms with Crippen LogP contribution in [0, 0.1) is 17.3 Å². The van der Waals surface area contributed by atoms with Gasteiger partial charge < -0.3 is 4.79 Å². The van der Waals surface area contributed by atoms with E-state index in [2.05, 4.69) is 33.4 Å². The fraction of sp³-hybridized carbons (Fsp3) is 0.643. The van der Waals surface area contributed by atoms with Gasteiger partial charge in [-0.05, 0) is 38.0 Å². The van der Waals surface area contributed by atoms with Crippen molar-refractivity contribution >= 4 is 6.29 Å². The highest BCUT2D eigenvalue weighted by Gasteiger charge is 2.39. The van der Waals surface area contributed by atoms with Crippen LogP contribution in [0.5, 0.6) is 0 Å². The number of carbonyl (C=O) groups excluding carboxylic acids is 1. The zero-order chi connectivity index (χ0) is 11.6. The van der Waals surface area contributed by atoms with Gasteiger partial charge in [0.1, 0.15) is 6.29 Å². The smallest absolute Gasteiger partial charge is 0.123 e. The predicted octanol–water partition coefficient (Wildman–Crippen LogP) is 3.76. The molecule has 15 heavy (non-hydrogen) atoms. The van der Waals surface area contributed by atoms with Crippen molar-refractivity contribution in [3.63, 3.8) is 0 Å². The molecule has 0 amide bonds. The van der Waals surface area contributed by atoms with Crippen molar-refractivity contribution in [1.29, 1.82) is 0 Å². The number of carbonyl (C=O) groups is 1. The molecule has 2 atom stereocenters. The van der Waals surface area contributed by atoms with Gasteiger partial charge in [0.25, 0.3) is 0 Å². The summed E-state index contributed by atoms with van der Waals surface area (Å²) in [5.41, 5.74) is 2.69. The molecule has 0 heterocycles. The Kier molecular flexibility index (Phi) is 3.54. The Labute approximate surface area is 93.3 Å². The zero-order valence-corrected chi connectivity index (χ0v) is 10.3. The number of rotatable bonds is 4. The molecule has 1 rings (SSSR count). The Morgan fingerprint density at radius 2 is 2.33 bits per heavy atom. The van der Waals surface area contributed by atoms with Crippen molar-refractivity contribution in [3.05, 3.63) is 23.8 Å². The third kappa shape index (κ3) is 2.39. The summed E-state index contributed by atoms with van der Waals surface area (Å²) in [5.74, 6) is 0.581. The monoisotopic (exact) mass is 206 g/mol. The van der Waals surface area contributed by atoms with Crippen molar-refractivity contribution in [2.24, 2.45) is 17.3 Å². The molecule has 0 aromatic heterocycles. The first kappa shape index (κ1) is 12.2. The molecule has 0 aliphatic heterocycles. The first-order valence-electron chi connectivity index (χ1n) is 5.66. The summed E-state index contributed by atoms with van der Waals surface area (Å²) in [6, 6.07) is 0. The van der Waals surface area contributed by atoms with Crippen molar-refractivity contribution in [1.82, 2.24) is 0 Å². The largest absolute Gasteiger partial charge is 0.303 e. The van der Waals surface area contributed by atoms with Gasteiger partial charge >= 0.3 is 0 Å². The maximum absolute atomic E-state index is 11.2. The Hall–Kier alpha value is -0.850. The van der Waals surface area contributed by atoms with E-state index in [1.165, 1.54) is 5.57 Å². The van der Waals surface area contributed by atoms with Crippen molar-refractivity contribution in [2.45, 2.75) is 40.5 Å². The maximum Gasteiger partial charge on any atom is 0.123 e. The molecule has 0 saturated carbocycles. The van der Waals surface area contributed by atoms with E-state index in [0.29, 0.717) is 5.92 Å².